The summed E-state index contributed by atoms with van der Waals surface area (Å²) in [6, 6.07) is 3.46. The van der Waals surface area contributed by atoms with Crippen LogP contribution in [0.4, 0.5) is 10.5 Å². The van der Waals surface area contributed by atoms with Crippen molar-refractivity contribution in [2.45, 2.75) is 52.1 Å². The number of rotatable bonds is 4. The fraction of sp³-hybridized carbons (Fsp3) is 0.667. The van der Waals surface area contributed by atoms with Gasteiger partial charge in [0.05, 0.1) is 6.10 Å². The molecule has 152 valence electrons. The molecule has 1 atom stereocenters. The van der Waals surface area contributed by atoms with Crippen molar-refractivity contribution in [2.24, 2.45) is 11.3 Å². The van der Waals surface area contributed by atoms with Crippen molar-refractivity contribution in [3.05, 3.63) is 18.3 Å². The third kappa shape index (κ3) is 3.80. The molecule has 28 heavy (non-hydrogen) atoms. The molecule has 0 bridgehead atoms. The molecule has 1 saturated carbocycles. The van der Waals surface area contributed by atoms with Gasteiger partial charge in [0, 0.05) is 38.3 Å². The molecule has 1 aromatic rings. The van der Waals surface area contributed by atoms with Gasteiger partial charge in [0.2, 0.25) is 11.8 Å². The minimum Gasteiger partial charge on any atom is -0.473 e. The van der Waals surface area contributed by atoms with Crippen LogP contribution in [0.5, 0.6) is 5.88 Å². The van der Waals surface area contributed by atoms with Crippen molar-refractivity contribution in [2.75, 3.05) is 31.5 Å². The molecule has 2 saturated heterocycles. The Hall–Kier alpha value is -2.31. The number of carbonyl (C=O) groups excluding carboxylic acids is 2. The van der Waals surface area contributed by atoms with Crippen LogP contribution >= 0.6 is 0 Å². The van der Waals surface area contributed by atoms with Crippen LogP contribution in [0.1, 0.15) is 46.0 Å². The average Bonchev–Trinajstić information content (AvgIpc) is 3.11. The maximum atomic E-state index is 12.7. The third-order valence-electron chi connectivity index (χ3n) is 6.31. The summed E-state index contributed by atoms with van der Waals surface area (Å²) in [6.07, 6.45) is 6.72. The average molecular weight is 386 g/mol. The summed E-state index contributed by atoms with van der Waals surface area (Å²) in [5, 5.41) is 2.94. The van der Waals surface area contributed by atoms with E-state index in [4.69, 9.17) is 4.74 Å². The van der Waals surface area contributed by atoms with Crippen molar-refractivity contribution >= 4 is 17.6 Å². The van der Waals surface area contributed by atoms with Gasteiger partial charge in [0.1, 0.15) is 5.69 Å². The number of anilines is 1. The SMILES string of the molecule is CC(C)Oc1ncccc1NC(=O)N1CCC2(CC1)CC2C(=O)N1CCCC1. The summed E-state index contributed by atoms with van der Waals surface area (Å²) in [5.74, 6) is 0.971. The number of aromatic nitrogens is 1. The highest BCUT2D eigenvalue weighted by Gasteiger charge is 2.59. The Labute approximate surface area is 166 Å². The van der Waals surface area contributed by atoms with Crippen molar-refractivity contribution in [1.82, 2.24) is 14.8 Å². The van der Waals surface area contributed by atoms with E-state index in [-0.39, 0.29) is 23.5 Å². The lowest BCUT2D eigenvalue weighted by atomic mass is 9.90. The summed E-state index contributed by atoms with van der Waals surface area (Å²) in [6.45, 7) is 7.09. The molecule has 3 amide bonds. The molecule has 3 heterocycles. The Morgan fingerprint density at radius 1 is 1.18 bits per heavy atom. The third-order valence-corrected chi connectivity index (χ3v) is 6.31. The van der Waals surface area contributed by atoms with Crippen LogP contribution in [0.3, 0.4) is 0 Å². The first-order valence-corrected chi connectivity index (χ1v) is 10.4. The van der Waals surface area contributed by atoms with Gasteiger partial charge in [-0.3, -0.25) is 4.79 Å². The van der Waals surface area contributed by atoms with Crippen LogP contribution in [-0.4, -0.2) is 59.0 Å². The normalized spacial score (nSPS) is 23.2. The smallest absolute Gasteiger partial charge is 0.321 e. The number of hydrogen-bond acceptors (Lipinski definition) is 4. The van der Waals surface area contributed by atoms with E-state index < -0.39 is 0 Å². The molecule has 1 unspecified atom stereocenters. The predicted molar refractivity (Wildman–Crippen MR) is 106 cm³/mol. The van der Waals surface area contributed by atoms with Crippen molar-refractivity contribution in [3.8, 4) is 5.88 Å². The standard InChI is InChI=1S/C21H30N4O3/c1-15(2)28-18-17(6-5-9-22-18)23-20(27)25-12-7-21(8-13-25)14-16(21)19(26)24-10-3-4-11-24/h5-6,9,15-16H,3-4,7-8,10-14H2,1-2H3,(H,23,27). The van der Waals surface area contributed by atoms with E-state index in [9.17, 15) is 9.59 Å². The van der Waals surface area contributed by atoms with Crippen LogP contribution in [-0.2, 0) is 4.79 Å². The van der Waals surface area contributed by atoms with Gasteiger partial charge in [-0.2, -0.15) is 0 Å². The Kier molecular flexibility index (Phi) is 5.17. The molecule has 4 rings (SSSR count). The van der Waals surface area contributed by atoms with Crippen LogP contribution < -0.4 is 10.1 Å². The molecule has 1 aliphatic carbocycles. The van der Waals surface area contributed by atoms with Gasteiger partial charge in [-0.1, -0.05) is 0 Å². The van der Waals surface area contributed by atoms with E-state index in [2.05, 4.69) is 10.3 Å². The van der Waals surface area contributed by atoms with Crippen LogP contribution in [0, 0.1) is 11.3 Å². The molecule has 2 aliphatic heterocycles. The lowest BCUT2D eigenvalue weighted by molar-refractivity contribution is -0.132. The highest BCUT2D eigenvalue weighted by Crippen LogP contribution is 2.60. The maximum Gasteiger partial charge on any atom is 0.321 e. The number of ether oxygens (including phenoxy) is 1. The Bertz CT molecular complexity index is 737. The number of nitrogens with one attached hydrogen (secondary N) is 1. The first kappa shape index (κ1) is 19.0. The van der Waals surface area contributed by atoms with Gasteiger partial charge in [-0.25, -0.2) is 9.78 Å². The lowest BCUT2D eigenvalue weighted by Gasteiger charge is -2.33. The quantitative estimate of drug-likeness (QED) is 0.863. The van der Waals surface area contributed by atoms with E-state index in [0.29, 0.717) is 30.6 Å². The number of pyridine rings is 1. The molecular formula is C21H30N4O3. The van der Waals surface area contributed by atoms with Gasteiger partial charge in [0.15, 0.2) is 0 Å². The minimum atomic E-state index is -0.125. The number of hydrogen-bond donors (Lipinski definition) is 1. The summed E-state index contributed by atoms with van der Waals surface area (Å²) < 4.78 is 5.68. The zero-order valence-corrected chi connectivity index (χ0v) is 16.8. The van der Waals surface area contributed by atoms with Gasteiger partial charge in [-0.15, -0.1) is 0 Å². The second-order valence-electron chi connectivity index (χ2n) is 8.59. The molecule has 3 fully saturated rings. The fourth-order valence-electron chi connectivity index (χ4n) is 4.56. The molecule has 0 radical (unpaired) electrons. The van der Waals surface area contributed by atoms with Crippen molar-refractivity contribution in [1.29, 1.82) is 0 Å². The Morgan fingerprint density at radius 3 is 2.57 bits per heavy atom. The number of nitrogens with zero attached hydrogens (tertiary/aromatic N) is 3. The molecule has 1 aromatic heterocycles. The largest absolute Gasteiger partial charge is 0.473 e. The van der Waals surface area contributed by atoms with Crippen molar-refractivity contribution < 1.29 is 14.3 Å². The number of urea groups is 1. The second-order valence-corrected chi connectivity index (χ2v) is 8.59. The number of carbonyl (C=O) groups is 2. The minimum absolute atomic E-state index is 0.0136. The summed E-state index contributed by atoms with van der Waals surface area (Å²) in [5.41, 5.74) is 0.728. The van der Waals surface area contributed by atoms with Crippen LogP contribution in [0.2, 0.25) is 0 Å². The van der Waals surface area contributed by atoms with Gasteiger partial charge < -0.3 is 19.9 Å². The van der Waals surface area contributed by atoms with E-state index in [1.54, 1.807) is 18.3 Å². The lowest BCUT2D eigenvalue weighted by Crippen LogP contribution is -2.43. The highest BCUT2D eigenvalue weighted by molar-refractivity contribution is 5.90. The Balaban J connectivity index is 1.31. The van der Waals surface area contributed by atoms with E-state index in [1.165, 1.54) is 0 Å². The molecule has 0 aromatic carbocycles. The number of likely N-dealkylation sites (tertiary alicyclic amines) is 2. The zero-order valence-electron chi connectivity index (χ0n) is 16.8. The number of piperidine rings is 1. The summed E-state index contributed by atoms with van der Waals surface area (Å²) in [7, 11) is 0. The molecule has 7 heteroatoms. The van der Waals surface area contributed by atoms with Crippen molar-refractivity contribution in [3.63, 3.8) is 0 Å². The molecule has 1 N–H and O–H groups in total. The van der Waals surface area contributed by atoms with Crippen LogP contribution in [0.25, 0.3) is 0 Å². The van der Waals surface area contributed by atoms with Gasteiger partial charge in [-0.05, 0) is 63.5 Å². The first-order chi connectivity index (χ1) is 13.5. The van der Waals surface area contributed by atoms with Crippen LogP contribution in [0.15, 0.2) is 18.3 Å². The van der Waals surface area contributed by atoms with E-state index in [0.717, 1.165) is 45.2 Å². The maximum absolute atomic E-state index is 12.7. The Morgan fingerprint density at radius 2 is 1.89 bits per heavy atom. The molecular weight excluding hydrogens is 356 g/mol. The molecule has 3 aliphatic rings. The van der Waals surface area contributed by atoms with E-state index in [1.807, 2.05) is 23.6 Å². The van der Waals surface area contributed by atoms with E-state index >= 15 is 0 Å². The summed E-state index contributed by atoms with van der Waals surface area (Å²) in [4.78, 5) is 33.5. The monoisotopic (exact) mass is 386 g/mol. The molecule has 7 nitrogen and oxygen atoms in total. The first-order valence-electron chi connectivity index (χ1n) is 10.4. The number of amides is 3. The van der Waals surface area contributed by atoms with Gasteiger partial charge >= 0.3 is 6.03 Å². The predicted octanol–water partition coefficient (Wildman–Crippen LogP) is 3.13. The second kappa shape index (κ2) is 7.60. The summed E-state index contributed by atoms with van der Waals surface area (Å²) >= 11 is 0. The highest BCUT2D eigenvalue weighted by atomic mass is 16.5. The topological polar surface area (TPSA) is 74.8 Å². The fourth-order valence-corrected chi connectivity index (χ4v) is 4.56. The zero-order chi connectivity index (χ0) is 19.7. The van der Waals surface area contributed by atoms with Gasteiger partial charge in [0.25, 0.3) is 0 Å². The molecule has 1 spiro atoms.